The molecule has 2 aromatic carbocycles. The molecule has 1 fully saturated rings. The molecule has 0 spiro atoms. The van der Waals surface area contributed by atoms with Crippen molar-refractivity contribution in [3.63, 3.8) is 0 Å². The number of carbonyl (C=O) groups excluding carboxylic acids is 1. The first kappa shape index (κ1) is 19.0. The first-order chi connectivity index (χ1) is 14.1. The lowest BCUT2D eigenvalue weighted by molar-refractivity contribution is 0.0746. The monoisotopic (exact) mass is 392 g/mol. The standard InChI is InChI=1S/C22H24N4O3/c1-3-28-20-10-6-18(7-11-20)22(27)26-14-12-25(13-15-26)19-8-4-17(5-9-19)21-23-16(2)29-24-21/h4-11H,3,12-15H2,1-2H3. The Balaban J connectivity index is 1.35. The normalized spacial score (nSPS) is 14.1. The van der Waals surface area contributed by atoms with Gasteiger partial charge in [0.05, 0.1) is 6.61 Å². The average Bonchev–Trinajstić information content (AvgIpc) is 3.21. The number of amides is 1. The molecule has 4 rings (SSSR count). The van der Waals surface area contributed by atoms with Crippen molar-refractivity contribution in [3.05, 3.63) is 60.0 Å². The maximum absolute atomic E-state index is 12.8. The highest BCUT2D eigenvalue weighted by Gasteiger charge is 2.22. The first-order valence-electron chi connectivity index (χ1n) is 9.82. The van der Waals surface area contributed by atoms with E-state index >= 15 is 0 Å². The van der Waals surface area contributed by atoms with Gasteiger partial charge in [-0.25, -0.2) is 0 Å². The lowest BCUT2D eigenvalue weighted by Crippen LogP contribution is -2.48. The molecule has 3 aromatic rings. The molecule has 0 N–H and O–H groups in total. The number of aromatic nitrogens is 2. The third-order valence-corrected chi connectivity index (χ3v) is 5.00. The Labute approximate surface area is 169 Å². The summed E-state index contributed by atoms with van der Waals surface area (Å²) in [5, 5.41) is 3.95. The van der Waals surface area contributed by atoms with Crippen LogP contribution >= 0.6 is 0 Å². The van der Waals surface area contributed by atoms with E-state index in [1.54, 1.807) is 6.92 Å². The first-order valence-corrected chi connectivity index (χ1v) is 9.82. The number of carbonyl (C=O) groups is 1. The van der Waals surface area contributed by atoms with Gasteiger partial charge < -0.3 is 19.1 Å². The van der Waals surface area contributed by atoms with Crippen LogP contribution in [0.5, 0.6) is 5.75 Å². The van der Waals surface area contributed by atoms with Crippen LogP contribution in [-0.4, -0.2) is 53.7 Å². The van der Waals surface area contributed by atoms with Crippen LogP contribution in [0.15, 0.2) is 53.1 Å². The van der Waals surface area contributed by atoms with E-state index in [1.807, 2.05) is 48.2 Å². The molecule has 2 heterocycles. The molecule has 7 heteroatoms. The molecule has 0 unspecified atom stereocenters. The number of rotatable bonds is 5. The predicted molar refractivity (Wildman–Crippen MR) is 110 cm³/mol. The van der Waals surface area contributed by atoms with Gasteiger partial charge in [-0.1, -0.05) is 5.16 Å². The minimum Gasteiger partial charge on any atom is -0.494 e. The molecular weight excluding hydrogens is 368 g/mol. The van der Waals surface area contributed by atoms with Gasteiger partial charge in [-0.15, -0.1) is 0 Å². The van der Waals surface area contributed by atoms with E-state index in [-0.39, 0.29) is 5.91 Å². The maximum Gasteiger partial charge on any atom is 0.253 e. The summed E-state index contributed by atoms with van der Waals surface area (Å²) in [5.74, 6) is 2.00. The van der Waals surface area contributed by atoms with E-state index < -0.39 is 0 Å². The van der Waals surface area contributed by atoms with E-state index in [4.69, 9.17) is 9.26 Å². The van der Waals surface area contributed by atoms with Gasteiger partial charge in [0.2, 0.25) is 11.7 Å². The van der Waals surface area contributed by atoms with Crippen LogP contribution in [-0.2, 0) is 0 Å². The Bertz CT molecular complexity index is 958. The molecule has 1 aromatic heterocycles. The molecule has 0 saturated carbocycles. The summed E-state index contributed by atoms with van der Waals surface area (Å²) in [6, 6.07) is 15.5. The van der Waals surface area contributed by atoms with Crippen molar-refractivity contribution < 1.29 is 14.1 Å². The van der Waals surface area contributed by atoms with Gasteiger partial charge in [0.15, 0.2) is 0 Å². The summed E-state index contributed by atoms with van der Waals surface area (Å²) in [6.45, 7) is 7.31. The summed E-state index contributed by atoms with van der Waals surface area (Å²) < 4.78 is 10.5. The summed E-state index contributed by atoms with van der Waals surface area (Å²) in [5.41, 5.74) is 2.75. The summed E-state index contributed by atoms with van der Waals surface area (Å²) in [6.07, 6.45) is 0. The highest BCUT2D eigenvalue weighted by atomic mass is 16.5. The van der Waals surface area contributed by atoms with Crippen LogP contribution in [0.3, 0.4) is 0 Å². The molecule has 0 aliphatic carbocycles. The van der Waals surface area contributed by atoms with Crippen LogP contribution < -0.4 is 9.64 Å². The van der Waals surface area contributed by atoms with Crippen LogP contribution in [0, 0.1) is 6.92 Å². The predicted octanol–water partition coefficient (Wildman–Crippen LogP) is 3.41. The smallest absolute Gasteiger partial charge is 0.253 e. The Kier molecular flexibility index (Phi) is 5.46. The lowest BCUT2D eigenvalue weighted by atomic mass is 10.1. The summed E-state index contributed by atoms with van der Waals surface area (Å²) in [7, 11) is 0. The van der Waals surface area contributed by atoms with Crippen molar-refractivity contribution in [1.82, 2.24) is 15.0 Å². The fraction of sp³-hybridized carbons (Fsp3) is 0.318. The Morgan fingerprint density at radius 2 is 1.72 bits per heavy atom. The molecule has 0 atom stereocenters. The van der Waals surface area contributed by atoms with Crippen LogP contribution in [0.25, 0.3) is 11.4 Å². The molecule has 7 nitrogen and oxygen atoms in total. The zero-order chi connectivity index (χ0) is 20.2. The fourth-order valence-corrected chi connectivity index (χ4v) is 3.45. The molecular formula is C22H24N4O3. The maximum atomic E-state index is 12.8. The van der Waals surface area contributed by atoms with E-state index in [1.165, 1.54) is 0 Å². The number of nitrogens with zero attached hydrogens (tertiary/aromatic N) is 4. The second-order valence-corrected chi connectivity index (χ2v) is 6.92. The van der Waals surface area contributed by atoms with Gasteiger partial charge in [-0.05, 0) is 55.5 Å². The summed E-state index contributed by atoms with van der Waals surface area (Å²) in [4.78, 5) is 21.2. The molecule has 1 aliphatic heterocycles. The van der Waals surface area contributed by atoms with Crippen molar-refractivity contribution >= 4 is 11.6 Å². The molecule has 29 heavy (non-hydrogen) atoms. The van der Waals surface area contributed by atoms with Crippen molar-refractivity contribution in [1.29, 1.82) is 0 Å². The second-order valence-electron chi connectivity index (χ2n) is 6.92. The van der Waals surface area contributed by atoms with E-state index in [9.17, 15) is 4.79 Å². The van der Waals surface area contributed by atoms with Gasteiger partial charge in [-0.3, -0.25) is 4.79 Å². The molecule has 1 amide bonds. The van der Waals surface area contributed by atoms with E-state index in [0.29, 0.717) is 37.0 Å². The fourth-order valence-electron chi connectivity index (χ4n) is 3.45. The van der Waals surface area contributed by atoms with Gasteiger partial charge in [0.1, 0.15) is 5.75 Å². The largest absolute Gasteiger partial charge is 0.494 e. The van der Waals surface area contributed by atoms with Gasteiger partial charge in [0.25, 0.3) is 5.91 Å². The third kappa shape index (κ3) is 4.23. The van der Waals surface area contributed by atoms with Crippen molar-refractivity contribution in [2.24, 2.45) is 0 Å². The molecule has 1 saturated heterocycles. The highest BCUT2D eigenvalue weighted by Crippen LogP contribution is 2.23. The number of ether oxygens (including phenoxy) is 1. The van der Waals surface area contributed by atoms with Crippen LogP contribution in [0.1, 0.15) is 23.2 Å². The number of hydrogen-bond donors (Lipinski definition) is 0. The van der Waals surface area contributed by atoms with E-state index in [2.05, 4.69) is 27.2 Å². The van der Waals surface area contributed by atoms with Crippen LogP contribution in [0.4, 0.5) is 5.69 Å². The Morgan fingerprint density at radius 3 is 2.31 bits per heavy atom. The number of piperazine rings is 1. The summed E-state index contributed by atoms with van der Waals surface area (Å²) >= 11 is 0. The van der Waals surface area contributed by atoms with Gasteiger partial charge in [-0.2, -0.15) is 4.98 Å². The Morgan fingerprint density at radius 1 is 1.03 bits per heavy atom. The average molecular weight is 392 g/mol. The van der Waals surface area contributed by atoms with Crippen LogP contribution in [0.2, 0.25) is 0 Å². The van der Waals surface area contributed by atoms with Gasteiger partial charge in [0, 0.05) is 49.9 Å². The van der Waals surface area contributed by atoms with Gasteiger partial charge >= 0.3 is 0 Å². The zero-order valence-electron chi connectivity index (χ0n) is 16.7. The third-order valence-electron chi connectivity index (χ3n) is 5.00. The second kappa shape index (κ2) is 8.34. The zero-order valence-corrected chi connectivity index (χ0v) is 16.7. The molecule has 1 aliphatic rings. The number of hydrogen-bond acceptors (Lipinski definition) is 6. The molecule has 150 valence electrons. The SMILES string of the molecule is CCOc1ccc(C(=O)N2CCN(c3ccc(-c4noc(C)n4)cc3)CC2)cc1. The number of benzene rings is 2. The Hall–Kier alpha value is -3.35. The number of anilines is 1. The molecule has 0 radical (unpaired) electrons. The minimum atomic E-state index is 0.0653. The lowest BCUT2D eigenvalue weighted by Gasteiger charge is -2.36. The van der Waals surface area contributed by atoms with Crippen molar-refractivity contribution in [2.45, 2.75) is 13.8 Å². The quantitative estimate of drug-likeness (QED) is 0.663. The number of aryl methyl sites for hydroxylation is 1. The topological polar surface area (TPSA) is 71.7 Å². The van der Waals surface area contributed by atoms with Crippen molar-refractivity contribution in [3.8, 4) is 17.1 Å². The molecule has 0 bridgehead atoms. The van der Waals surface area contributed by atoms with Crippen molar-refractivity contribution in [2.75, 3.05) is 37.7 Å². The highest BCUT2D eigenvalue weighted by molar-refractivity contribution is 5.94. The minimum absolute atomic E-state index is 0.0653. The van der Waals surface area contributed by atoms with E-state index in [0.717, 1.165) is 30.1 Å².